The highest BCUT2D eigenvalue weighted by Crippen LogP contribution is 2.30. The molecule has 7 heteroatoms. The molecular weight excluding hydrogens is 368 g/mol. The van der Waals surface area contributed by atoms with Crippen LogP contribution in [0.15, 0.2) is 42.5 Å². The third-order valence-corrected chi connectivity index (χ3v) is 4.73. The van der Waals surface area contributed by atoms with E-state index in [0.717, 1.165) is 11.1 Å². The summed E-state index contributed by atoms with van der Waals surface area (Å²) in [4.78, 5) is 36.5. The number of nitrogens with zero attached hydrogens (tertiary/aromatic N) is 1. The van der Waals surface area contributed by atoms with Crippen LogP contribution in [0.4, 0.5) is 5.69 Å². The number of amides is 2. The average Bonchev–Trinajstić information content (AvgIpc) is 3.01. The predicted octanol–water partition coefficient (Wildman–Crippen LogP) is 2.63. The number of halogens is 1. The minimum atomic E-state index is -1.00. The first kappa shape index (κ1) is 18.9. The lowest BCUT2D eigenvalue weighted by molar-refractivity contribution is -0.138. The van der Waals surface area contributed by atoms with E-state index in [1.54, 1.807) is 18.2 Å². The summed E-state index contributed by atoms with van der Waals surface area (Å²) in [5.41, 5.74) is 7.50. The van der Waals surface area contributed by atoms with Crippen molar-refractivity contribution in [3.05, 3.63) is 58.6 Å². The Labute approximate surface area is 161 Å². The maximum absolute atomic E-state index is 12.2. The molecule has 6 nitrogen and oxygen atoms in total. The number of hydrogen-bond donors (Lipinski definition) is 1. The van der Waals surface area contributed by atoms with E-state index in [-0.39, 0.29) is 18.9 Å². The van der Waals surface area contributed by atoms with Gasteiger partial charge in [-0.3, -0.25) is 14.4 Å². The minimum Gasteiger partial charge on any atom is -0.489 e. The first-order valence-electron chi connectivity index (χ1n) is 8.47. The number of rotatable bonds is 6. The van der Waals surface area contributed by atoms with E-state index in [1.165, 1.54) is 4.90 Å². The molecule has 1 aliphatic rings. The normalized spacial score (nSPS) is 16.4. The van der Waals surface area contributed by atoms with Gasteiger partial charge in [-0.15, -0.1) is 0 Å². The Hall–Kier alpha value is -2.86. The summed E-state index contributed by atoms with van der Waals surface area (Å²) in [6.07, 6.45) is -0.00611. The van der Waals surface area contributed by atoms with Crippen LogP contribution in [0, 0.1) is 12.8 Å². The van der Waals surface area contributed by atoms with Crippen molar-refractivity contribution < 1.29 is 19.1 Å². The van der Waals surface area contributed by atoms with Crippen LogP contribution in [0.3, 0.4) is 0 Å². The highest BCUT2D eigenvalue weighted by atomic mass is 35.5. The monoisotopic (exact) mass is 386 g/mol. The summed E-state index contributed by atoms with van der Waals surface area (Å²) in [7, 11) is 0. The molecule has 2 amide bonds. The van der Waals surface area contributed by atoms with Crippen molar-refractivity contribution in [2.24, 2.45) is 11.7 Å². The summed E-state index contributed by atoms with van der Waals surface area (Å²) in [5, 5.41) is 0.649. The summed E-state index contributed by atoms with van der Waals surface area (Å²) < 4.78 is 5.84. The number of anilines is 1. The third kappa shape index (κ3) is 4.28. The molecule has 1 fully saturated rings. The van der Waals surface area contributed by atoms with Crippen molar-refractivity contribution in [1.82, 2.24) is 0 Å². The lowest BCUT2D eigenvalue weighted by atomic mass is 10.0. The number of ether oxygens (including phenoxy) is 1. The van der Waals surface area contributed by atoms with Gasteiger partial charge in [0.2, 0.25) is 11.7 Å². The standard InChI is InChI=1S/C20H19ClN2O4/c1-12-7-16(23-10-14(9-18(23)24)19(25)20(22)26)5-6-17(12)27-11-13-3-2-4-15(21)8-13/h2-8,14H,9-11H2,1H3,(H2,22,26). The maximum Gasteiger partial charge on any atom is 0.285 e. The Morgan fingerprint density at radius 1 is 1.26 bits per heavy atom. The molecule has 140 valence electrons. The Bertz CT molecular complexity index is 913. The van der Waals surface area contributed by atoms with Crippen molar-refractivity contribution in [2.45, 2.75) is 20.0 Å². The van der Waals surface area contributed by atoms with Crippen LogP contribution >= 0.6 is 11.6 Å². The van der Waals surface area contributed by atoms with Crippen LogP contribution in [0.5, 0.6) is 5.75 Å². The number of nitrogens with two attached hydrogens (primary N) is 1. The molecule has 1 saturated heterocycles. The second-order valence-electron chi connectivity index (χ2n) is 6.50. The molecule has 2 aromatic rings. The van der Waals surface area contributed by atoms with Crippen LogP contribution in [0.25, 0.3) is 0 Å². The molecule has 1 atom stereocenters. The quantitative estimate of drug-likeness (QED) is 0.773. The number of ketones is 1. The molecule has 2 aromatic carbocycles. The molecule has 1 unspecified atom stereocenters. The van der Waals surface area contributed by atoms with Gasteiger partial charge in [-0.25, -0.2) is 0 Å². The number of benzene rings is 2. The van der Waals surface area contributed by atoms with Gasteiger partial charge in [0.25, 0.3) is 5.91 Å². The van der Waals surface area contributed by atoms with E-state index in [4.69, 9.17) is 22.1 Å². The number of Topliss-reactive ketones (excluding diaryl/α,β-unsaturated/α-hetero) is 1. The Morgan fingerprint density at radius 3 is 2.70 bits per heavy atom. The summed E-state index contributed by atoms with van der Waals surface area (Å²) in [6, 6.07) is 12.8. The van der Waals surface area contributed by atoms with E-state index >= 15 is 0 Å². The van der Waals surface area contributed by atoms with Crippen molar-refractivity contribution >= 4 is 34.9 Å². The van der Waals surface area contributed by atoms with Gasteiger partial charge in [0, 0.05) is 23.7 Å². The maximum atomic E-state index is 12.2. The lowest BCUT2D eigenvalue weighted by Crippen LogP contribution is -2.32. The van der Waals surface area contributed by atoms with Gasteiger partial charge >= 0.3 is 0 Å². The molecule has 1 aliphatic heterocycles. The zero-order valence-corrected chi connectivity index (χ0v) is 15.5. The molecule has 1 heterocycles. The van der Waals surface area contributed by atoms with Gasteiger partial charge in [0.1, 0.15) is 12.4 Å². The molecule has 0 spiro atoms. The Morgan fingerprint density at radius 2 is 2.04 bits per heavy atom. The Kier molecular flexibility index (Phi) is 5.46. The SMILES string of the molecule is Cc1cc(N2CC(C(=O)C(N)=O)CC2=O)ccc1OCc1cccc(Cl)c1. The van der Waals surface area contributed by atoms with Crippen molar-refractivity contribution in [1.29, 1.82) is 0 Å². The third-order valence-electron chi connectivity index (χ3n) is 4.49. The van der Waals surface area contributed by atoms with Crippen LogP contribution in [0.2, 0.25) is 5.02 Å². The van der Waals surface area contributed by atoms with Crippen molar-refractivity contribution in [2.75, 3.05) is 11.4 Å². The second-order valence-corrected chi connectivity index (χ2v) is 6.94. The van der Waals surface area contributed by atoms with Crippen molar-refractivity contribution in [3.8, 4) is 5.75 Å². The summed E-state index contributed by atoms with van der Waals surface area (Å²) in [5.74, 6) is -1.91. The molecule has 0 saturated carbocycles. The van der Waals surface area contributed by atoms with Crippen molar-refractivity contribution in [3.63, 3.8) is 0 Å². The number of primary amides is 1. The first-order chi connectivity index (χ1) is 12.8. The average molecular weight is 387 g/mol. The molecular formula is C20H19ClN2O4. The molecule has 2 N–H and O–H groups in total. The molecule has 27 heavy (non-hydrogen) atoms. The number of carbonyl (C=O) groups is 3. The van der Waals surface area contributed by atoms with E-state index in [9.17, 15) is 14.4 Å². The lowest BCUT2D eigenvalue weighted by Gasteiger charge is -2.18. The van der Waals surface area contributed by atoms with Crippen LogP contribution < -0.4 is 15.4 Å². The smallest absolute Gasteiger partial charge is 0.285 e. The van der Waals surface area contributed by atoms with E-state index in [1.807, 2.05) is 31.2 Å². The topological polar surface area (TPSA) is 89.7 Å². The molecule has 3 rings (SSSR count). The second kappa shape index (κ2) is 7.80. The fraction of sp³-hybridized carbons (Fsp3) is 0.250. The minimum absolute atomic E-state index is 0.00611. The Balaban J connectivity index is 1.70. The number of hydrogen-bond acceptors (Lipinski definition) is 4. The van der Waals surface area contributed by atoms with Gasteiger partial charge in [-0.05, 0) is 48.4 Å². The predicted molar refractivity (Wildman–Crippen MR) is 102 cm³/mol. The van der Waals surface area contributed by atoms with Gasteiger partial charge < -0.3 is 15.4 Å². The van der Waals surface area contributed by atoms with E-state index in [0.29, 0.717) is 23.1 Å². The molecule has 0 radical (unpaired) electrons. The number of carbonyl (C=O) groups excluding carboxylic acids is 3. The van der Waals surface area contributed by atoms with Crippen LogP contribution in [-0.2, 0) is 21.0 Å². The fourth-order valence-electron chi connectivity index (χ4n) is 3.09. The molecule has 0 aromatic heterocycles. The van der Waals surface area contributed by atoms with E-state index in [2.05, 4.69) is 0 Å². The van der Waals surface area contributed by atoms with Gasteiger partial charge in [0.15, 0.2) is 0 Å². The first-order valence-corrected chi connectivity index (χ1v) is 8.85. The van der Waals surface area contributed by atoms with E-state index < -0.39 is 17.6 Å². The molecule has 0 bridgehead atoms. The summed E-state index contributed by atoms with van der Waals surface area (Å²) >= 11 is 5.97. The van der Waals surface area contributed by atoms with Crippen LogP contribution in [0.1, 0.15) is 17.5 Å². The highest BCUT2D eigenvalue weighted by Gasteiger charge is 2.37. The van der Waals surface area contributed by atoms with Gasteiger partial charge in [-0.2, -0.15) is 0 Å². The van der Waals surface area contributed by atoms with Gasteiger partial charge in [0.05, 0.1) is 5.92 Å². The zero-order valence-electron chi connectivity index (χ0n) is 14.8. The van der Waals surface area contributed by atoms with Crippen LogP contribution in [-0.4, -0.2) is 24.1 Å². The largest absolute Gasteiger partial charge is 0.489 e. The number of aryl methyl sites for hydroxylation is 1. The fourth-order valence-corrected chi connectivity index (χ4v) is 3.30. The van der Waals surface area contributed by atoms with Gasteiger partial charge in [-0.1, -0.05) is 23.7 Å². The zero-order chi connectivity index (χ0) is 19.6. The molecule has 0 aliphatic carbocycles. The highest BCUT2D eigenvalue weighted by molar-refractivity contribution is 6.37. The summed E-state index contributed by atoms with van der Waals surface area (Å²) in [6.45, 7) is 2.41.